The first kappa shape index (κ1) is 15.1. The number of hydrogen-bond donors (Lipinski definition) is 1. The zero-order chi connectivity index (χ0) is 12.8. The summed E-state index contributed by atoms with van der Waals surface area (Å²) in [6.45, 7) is 7.32. The fourth-order valence-corrected chi connectivity index (χ4v) is 3.61. The second-order valence-corrected chi connectivity index (χ2v) is 5.88. The van der Waals surface area contributed by atoms with Gasteiger partial charge in [-0.15, -0.1) is 0 Å². The SMILES string of the molecule is CCc1nn(CC)c(CSCC(N)CC)c1Br. The fraction of sp³-hybridized carbons (Fsp3) is 0.750. The van der Waals surface area contributed by atoms with Crippen molar-refractivity contribution in [2.45, 2.75) is 52.0 Å². The number of thioether (sulfide) groups is 1. The summed E-state index contributed by atoms with van der Waals surface area (Å²) in [7, 11) is 0. The minimum Gasteiger partial charge on any atom is -0.327 e. The molecular weight excluding hydrogens is 298 g/mol. The second-order valence-electron chi connectivity index (χ2n) is 4.06. The Morgan fingerprint density at radius 1 is 1.41 bits per heavy atom. The number of aromatic nitrogens is 2. The summed E-state index contributed by atoms with van der Waals surface area (Å²) in [5.74, 6) is 1.99. The van der Waals surface area contributed by atoms with Crippen molar-refractivity contribution < 1.29 is 0 Å². The standard InChI is InChI=1S/C12H22BrN3S/c1-4-9(14)7-17-8-11-12(13)10(5-2)15-16(11)6-3/h9H,4-8,14H2,1-3H3. The smallest absolute Gasteiger partial charge is 0.0767 e. The summed E-state index contributed by atoms with van der Waals surface area (Å²) in [5.41, 5.74) is 8.37. The van der Waals surface area contributed by atoms with Gasteiger partial charge in [0.15, 0.2) is 0 Å². The minimum atomic E-state index is 0.308. The maximum Gasteiger partial charge on any atom is 0.0767 e. The second kappa shape index (κ2) is 7.44. The van der Waals surface area contributed by atoms with Crippen molar-refractivity contribution in [1.82, 2.24) is 9.78 Å². The Bertz CT molecular complexity index is 352. The molecule has 0 spiro atoms. The molecule has 0 aromatic carbocycles. The first-order valence-electron chi connectivity index (χ1n) is 6.21. The Morgan fingerprint density at radius 2 is 2.12 bits per heavy atom. The van der Waals surface area contributed by atoms with Crippen LogP contribution >= 0.6 is 27.7 Å². The maximum atomic E-state index is 5.92. The molecule has 0 saturated carbocycles. The lowest BCUT2D eigenvalue weighted by Gasteiger charge is -2.09. The number of nitrogens with two attached hydrogens (primary N) is 1. The average Bonchev–Trinajstić information content (AvgIpc) is 2.65. The quantitative estimate of drug-likeness (QED) is 0.839. The normalized spacial score (nSPS) is 13.0. The molecule has 1 unspecified atom stereocenters. The van der Waals surface area contributed by atoms with Crippen LogP contribution in [0, 0.1) is 0 Å². The molecule has 1 aromatic rings. The van der Waals surface area contributed by atoms with Gasteiger partial charge in [-0.3, -0.25) is 4.68 Å². The highest BCUT2D eigenvalue weighted by atomic mass is 79.9. The molecule has 0 amide bonds. The fourth-order valence-electron chi connectivity index (χ4n) is 1.58. The van der Waals surface area contributed by atoms with E-state index in [9.17, 15) is 0 Å². The first-order valence-corrected chi connectivity index (χ1v) is 8.16. The molecule has 3 nitrogen and oxygen atoms in total. The van der Waals surface area contributed by atoms with Gasteiger partial charge < -0.3 is 5.73 Å². The van der Waals surface area contributed by atoms with Gasteiger partial charge in [-0.25, -0.2) is 0 Å². The number of halogens is 1. The molecular formula is C12H22BrN3S. The van der Waals surface area contributed by atoms with E-state index in [2.05, 4.69) is 46.5 Å². The molecule has 1 aromatic heterocycles. The molecule has 0 aliphatic heterocycles. The van der Waals surface area contributed by atoms with E-state index in [1.165, 1.54) is 10.2 Å². The lowest BCUT2D eigenvalue weighted by Crippen LogP contribution is -2.21. The molecule has 0 aliphatic carbocycles. The van der Waals surface area contributed by atoms with E-state index in [1.807, 2.05) is 11.8 Å². The van der Waals surface area contributed by atoms with E-state index >= 15 is 0 Å². The van der Waals surface area contributed by atoms with Crippen molar-refractivity contribution in [2.24, 2.45) is 5.73 Å². The van der Waals surface area contributed by atoms with E-state index in [0.717, 1.165) is 36.6 Å². The van der Waals surface area contributed by atoms with Gasteiger partial charge in [0.2, 0.25) is 0 Å². The molecule has 0 aliphatic rings. The summed E-state index contributed by atoms with van der Waals surface area (Å²) < 4.78 is 3.27. The van der Waals surface area contributed by atoms with Gasteiger partial charge in [-0.05, 0) is 35.7 Å². The van der Waals surface area contributed by atoms with E-state index in [0.29, 0.717) is 6.04 Å². The summed E-state index contributed by atoms with van der Waals surface area (Å²) in [4.78, 5) is 0. The molecule has 5 heteroatoms. The van der Waals surface area contributed by atoms with Crippen LogP contribution in [0.4, 0.5) is 0 Å². The third kappa shape index (κ3) is 4.00. The molecule has 0 saturated heterocycles. The molecule has 1 heterocycles. The van der Waals surface area contributed by atoms with E-state index in [1.54, 1.807) is 0 Å². The minimum absolute atomic E-state index is 0.308. The molecule has 98 valence electrons. The monoisotopic (exact) mass is 319 g/mol. The van der Waals surface area contributed by atoms with Crippen LogP contribution in [0.5, 0.6) is 0 Å². The number of rotatable bonds is 7. The Kier molecular flexibility index (Phi) is 6.59. The average molecular weight is 320 g/mol. The Labute approximate surface area is 117 Å². The van der Waals surface area contributed by atoms with Crippen molar-refractivity contribution in [1.29, 1.82) is 0 Å². The predicted octanol–water partition coefficient (Wildman–Crippen LogP) is 3.20. The summed E-state index contributed by atoms with van der Waals surface area (Å²) in [6, 6.07) is 0.308. The lowest BCUT2D eigenvalue weighted by molar-refractivity contribution is 0.627. The summed E-state index contributed by atoms with van der Waals surface area (Å²) in [6.07, 6.45) is 2.02. The molecule has 0 bridgehead atoms. The van der Waals surface area contributed by atoms with Gasteiger partial charge in [0, 0.05) is 24.1 Å². The van der Waals surface area contributed by atoms with Gasteiger partial charge in [0.05, 0.1) is 15.9 Å². The van der Waals surface area contributed by atoms with E-state index in [4.69, 9.17) is 5.73 Å². The highest BCUT2D eigenvalue weighted by Crippen LogP contribution is 2.26. The molecule has 0 radical (unpaired) electrons. The van der Waals surface area contributed by atoms with Crippen LogP contribution in [0.2, 0.25) is 0 Å². The Hall–Kier alpha value is -0.0000000000000000555. The van der Waals surface area contributed by atoms with Crippen LogP contribution in [-0.2, 0) is 18.7 Å². The van der Waals surface area contributed by atoms with Crippen molar-refractivity contribution in [3.8, 4) is 0 Å². The highest BCUT2D eigenvalue weighted by Gasteiger charge is 2.13. The predicted molar refractivity (Wildman–Crippen MR) is 79.4 cm³/mol. The van der Waals surface area contributed by atoms with Crippen molar-refractivity contribution >= 4 is 27.7 Å². The van der Waals surface area contributed by atoms with Crippen LogP contribution in [0.25, 0.3) is 0 Å². The zero-order valence-corrected chi connectivity index (χ0v) is 13.3. The Morgan fingerprint density at radius 3 is 2.65 bits per heavy atom. The van der Waals surface area contributed by atoms with Crippen LogP contribution < -0.4 is 5.73 Å². The van der Waals surface area contributed by atoms with Crippen LogP contribution in [0.3, 0.4) is 0 Å². The Balaban J connectivity index is 2.66. The molecule has 0 fully saturated rings. The van der Waals surface area contributed by atoms with Gasteiger partial charge in [-0.2, -0.15) is 16.9 Å². The summed E-state index contributed by atoms with van der Waals surface area (Å²) in [5, 5.41) is 4.59. The van der Waals surface area contributed by atoms with Crippen molar-refractivity contribution in [3.05, 3.63) is 15.9 Å². The highest BCUT2D eigenvalue weighted by molar-refractivity contribution is 9.10. The molecule has 2 N–H and O–H groups in total. The molecule has 1 atom stereocenters. The number of aryl methyl sites for hydroxylation is 2. The van der Waals surface area contributed by atoms with Crippen molar-refractivity contribution in [3.63, 3.8) is 0 Å². The third-order valence-corrected chi connectivity index (χ3v) is 4.85. The first-order chi connectivity index (χ1) is 8.13. The molecule has 17 heavy (non-hydrogen) atoms. The van der Waals surface area contributed by atoms with Crippen LogP contribution in [0.15, 0.2) is 4.47 Å². The van der Waals surface area contributed by atoms with Crippen LogP contribution in [-0.4, -0.2) is 21.6 Å². The van der Waals surface area contributed by atoms with Gasteiger partial charge >= 0.3 is 0 Å². The maximum absolute atomic E-state index is 5.92. The van der Waals surface area contributed by atoms with E-state index in [-0.39, 0.29) is 0 Å². The molecule has 1 rings (SSSR count). The summed E-state index contributed by atoms with van der Waals surface area (Å²) >= 11 is 5.55. The third-order valence-electron chi connectivity index (χ3n) is 2.79. The van der Waals surface area contributed by atoms with Gasteiger partial charge in [0.25, 0.3) is 0 Å². The largest absolute Gasteiger partial charge is 0.327 e. The van der Waals surface area contributed by atoms with E-state index < -0.39 is 0 Å². The number of hydrogen-bond acceptors (Lipinski definition) is 3. The number of nitrogens with zero attached hydrogens (tertiary/aromatic N) is 2. The van der Waals surface area contributed by atoms with Gasteiger partial charge in [0.1, 0.15) is 0 Å². The topological polar surface area (TPSA) is 43.8 Å². The van der Waals surface area contributed by atoms with Gasteiger partial charge in [-0.1, -0.05) is 13.8 Å². The van der Waals surface area contributed by atoms with Crippen molar-refractivity contribution in [2.75, 3.05) is 5.75 Å². The zero-order valence-electron chi connectivity index (χ0n) is 10.9. The lowest BCUT2D eigenvalue weighted by atomic mass is 10.3. The van der Waals surface area contributed by atoms with Crippen LogP contribution in [0.1, 0.15) is 38.6 Å².